The van der Waals surface area contributed by atoms with Gasteiger partial charge in [0.05, 0.1) is 5.75 Å². The number of nitrogens with one attached hydrogen (secondary N) is 1. The largest absolute Gasteiger partial charge is 0.218 e. The summed E-state index contributed by atoms with van der Waals surface area (Å²) in [5.74, 6) is 0.177. The van der Waals surface area contributed by atoms with E-state index in [2.05, 4.69) is 4.72 Å². The van der Waals surface area contributed by atoms with Crippen LogP contribution in [-0.4, -0.2) is 21.2 Å². The first-order valence-electron chi connectivity index (χ1n) is 3.18. The molecule has 0 saturated carbocycles. The van der Waals surface area contributed by atoms with Gasteiger partial charge in [0.2, 0.25) is 10.0 Å². The Bertz CT molecular complexity index is 188. The lowest BCUT2D eigenvalue weighted by Crippen LogP contribution is -2.29. The van der Waals surface area contributed by atoms with Crippen molar-refractivity contribution in [1.29, 1.82) is 0 Å². The van der Waals surface area contributed by atoms with Crippen molar-refractivity contribution in [3.8, 4) is 0 Å². The van der Waals surface area contributed by atoms with Gasteiger partial charge in [-0.05, 0) is 12.5 Å². The van der Waals surface area contributed by atoms with E-state index < -0.39 is 10.0 Å². The molecule has 0 aliphatic carbocycles. The van der Waals surface area contributed by atoms with Crippen molar-refractivity contribution >= 4 is 10.0 Å². The van der Waals surface area contributed by atoms with E-state index in [-0.39, 0.29) is 11.2 Å². The zero-order valence-corrected chi connectivity index (χ0v) is 7.75. The van der Waals surface area contributed by atoms with E-state index in [0.29, 0.717) is 0 Å². The Morgan fingerprint density at radius 1 is 1.30 bits per heavy atom. The second-order valence-electron chi connectivity index (χ2n) is 3.52. The second kappa shape index (κ2) is 2.88. The third-order valence-electron chi connectivity index (χ3n) is 0.934. The van der Waals surface area contributed by atoms with Gasteiger partial charge in [0.15, 0.2) is 0 Å². The van der Waals surface area contributed by atoms with Gasteiger partial charge in [0.25, 0.3) is 0 Å². The van der Waals surface area contributed by atoms with Gasteiger partial charge in [-0.15, -0.1) is 0 Å². The van der Waals surface area contributed by atoms with Gasteiger partial charge in [0.1, 0.15) is 0 Å². The van der Waals surface area contributed by atoms with Crippen molar-refractivity contribution in [3.63, 3.8) is 0 Å². The Hall–Kier alpha value is -0.0900. The van der Waals surface area contributed by atoms with Crippen LogP contribution in [0.1, 0.15) is 20.8 Å². The lowest BCUT2D eigenvalue weighted by Gasteiger charge is -2.16. The van der Waals surface area contributed by atoms with Crippen LogP contribution in [0.15, 0.2) is 0 Å². The summed E-state index contributed by atoms with van der Waals surface area (Å²) in [4.78, 5) is 0. The molecule has 62 valence electrons. The maximum atomic E-state index is 10.9. The van der Waals surface area contributed by atoms with Crippen LogP contribution in [0, 0.1) is 5.41 Å². The SMILES string of the molecule is CNS(=O)(=O)CC(C)(C)C. The zero-order valence-electron chi connectivity index (χ0n) is 6.93. The lowest BCUT2D eigenvalue weighted by molar-refractivity contribution is 0.459. The highest BCUT2D eigenvalue weighted by Gasteiger charge is 2.19. The average Bonchev–Trinajstić information content (AvgIpc) is 1.60. The Kier molecular flexibility index (Phi) is 2.86. The first kappa shape index (κ1) is 9.91. The molecule has 10 heavy (non-hydrogen) atoms. The maximum Gasteiger partial charge on any atom is 0.211 e. The van der Waals surface area contributed by atoms with Crippen LogP contribution in [0.25, 0.3) is 0 Å². The van der Waals surface area contributed by atoms with Crippen molar-refractivity contribution in [2.24, 2.45) is 5.41 Å². The highest BCUT2D eigenvalue weighted by atomic mass is 32.2. The molecule has 0 aliphatic heterocycles. The van der Waals surface area contributed by atoms with Crippen molar-refractivity contribution < 1.29 is 8.42 Å². The van der Waals surface area contributed by atoms with Gasteiger partial charge < -0.3 is 0 Å². The molecule has 0 saturated heterocycles. The van der Waals surface area contributed by atoms with Gasteiger partial charge in [-0.2, -0.15) is 0 Å². The molecule has 0 fully saturated rings. The summed E-state index contributed by atoms with van der Waals surface area (Å²) in [5, 5.41) is 0. The number of hydrogen-bond acceptors (Lipinski definition) is 2. The smallest absolute Gasteiger partial charge is 0.211 e. The van der Waals surface area contributed by atoms with Crippen molar-refractivity contribution in [3.05, 3.63) is 0 Å². The van der Waals surface area contributed by atoms with Crippen molar-refractivity contribution in [1.82, 2.24) is 4.72 Å². The first-order valence-corrected chi connectivity index (χ1v) is 4.83. The third-order valence-corrected chi connectivity index (χ3v) is 2.80. The van der Waals surface area contributed by atoms with E-state index >= 15 is 0 Å². The minimum absolute atomic E-state index is 0.165. The topological polar surface area (TPSA) is 46.2 Å². The van der Waals surface area contributed by atoms with Crippen LogP contribution in [0.2, 0.25) is 0 Å². The monoisotopic (exact) mass is 165 g/mol. The molecule has 4 heteroatoms. The Morgan fingerprint density at radius 3 is 1.80 bits per heavy atom. The quantitative estimate of drug-likeness (QED) is 0.650. The molecular formula is C6H15NO2S. The fraction of sp³-hybridized carbons (Fsp3) is 1.00. The van der Waals surface area contributed by atoms with Gasteiger partial charge in [-0.25, -0.2) is 13.1 Å². The minimum atomic E-state index is -3.03. The van der Waals surface area contributed by atoms with Crippen molar-refractivity contribution in [2.45, 2.75) is 20.8 Å². The second-order valence-corrected chi connectivity index (χ2v) is 5.45. The van der Waals surface area contributed by atoms with Crippen molar-refractivity contribution in [2.75, 3.05) is 12.8 Å². The van der Waals surface area contributed by atoms with Crippen LogP contribution in [0.4, 0.5) is 0 Å². The van der Waals surface area contributed by atoms with Gasteiger partial charge >= 0.3 is 0 Å². The molecule has 0 aromatic rings. The van der Waals surface area contributed by atoms with Gasteiger partial charge in [0, 0.05) is 0 Å². The summed E-state index contributed by atoms with van der Waals surface area (Å²) in [7, 11) is -1.60. The molecule has 0 bridgehead atoms. The molecule has 3 nitrogen and oxygen atoms in total. The van der Waals surface area contributed by atoms with Crippen LogP contribution in [0.3, 0.4) is 0 Å². The Balaban J connectivity index is 4.18. The molecule has 0 radical (unpaired) electrons. The van der Waals surface area contributed by atoms with Gasteiger partial charge in [-0.1, -0.05) is 20.8 Å². The summed E-state index contributed by atoms with van der Waals surface area (Å²) in [6.45, 7) is 5.67. The maximum absolute atomic E-state index is 10.9. The van der Waals surface area contributed by atoms with Gasteiger partial charge in [-0.3, -0.25) is 0 Å². The minimum Gasteiger partial charge on any atom is -0.218 e. The Labute approximate surface area is 62.9 Å². The molecule has 0 amide bonds. The Morgan fingerprint density at radius 2 is 1.70 bits per heavy atom. The van der Waals surface area contributed by atoms with Crippen LogP contribution >= 0.6 is 0 Å². The third kappa shape index (κ3) is 4.76. The lowest BCUT2D eigenvalue weighted by atomic mass is 10.0. The van der Waals surface area contributed by atoms with E-state index in [9.17, 15) is 8.42 Å². The fourth-order valence-electron chi connectivity index (χ4n) is 0.642. The van der Waals surface area contributed by atoms with E-state index in [0.717, 1.165) is 0 Å². The van der Waals surface area contributed by atoms with E-state index in [4.69, 9.17) is 0 Å². The molecule has 0 atom stereocenters. The molecule has 0 aromatic carbocycles. The summed E-state index contributed by atoms with van der Waals surface area (Å²) in [6.07, 6.45) is 0. The summed E-state index contributed by atoms with van der Waals surface area (Å²) < 4.78 is 24.1. The summed E-state index contributed by atoms with van der Waals surface area (Å²) in [5.41, 5.74) is -0.165. The molecule has 0 aromatic heterocycles. The molecule has 0 aliphatic rings. The predicted octanol–water partition coefficient (Wildman–Crippen LogP) is 0.582. The summed E-state index contributed by atoms with van der Waals surface area (Å²) >= 11 is 0. The highest BCUT2D eigenvalue weighted by molar-refractivity contribution is 7.89. The van der Waals surface area contributed by atoms with Crippen LogP contribution in [0.5, 0.6) is 0 Å². The number of rotatable bonds is 2. The number of sulfonamides is 1. The standard InChI is InChI=1S/C6H15NO2S/c1-6(2,3)5-10(8,9)7-4/h7H,5H2,1-4H3. The summed E-state index contributed by atoms with van der Waals surface area (Å²) in [6, 6.07) is 0. The fourth-order valence-corrected chi connectivity index (χ4v) is 1.93. The normalized spacial score (nSPS) is 13.6. The van der Waals surface area contributed by atoms with E-state index in [1.54, 1.807) is 0 Å². The first-order chi connectivity index (χ1) is 4.27. The van der Waals surface area contributed by atoms with Crippen LogP contribution in [-0.2, 0) is 10.0 Å². The average molecular weight is 165 g/mol. The number of hydrogen-bond donors (Lipinski definition) is 1. The molecule has 0 rings (SSSR count). The van der Waals surface area contributed by atoms with E-state index in [1.807, 2.05) is 20.8 Å². The zero-order chi connectivity index (χ0) is 8.41. The molecule has 0 heterocycles. The highest BCUT2D eigenvalue weighted by Crippen LogP contribution is 2.14. The molecule has 0 unspecified atom stereocenters. The van der Waals surface area contributed by atoms with Crippen LogP contribution < -0.4 is 4.72 Å². The predicted molar refractivity (Wildman–Crippen MR) is 42.3 cm³/mol. The molecule has 1 N–H and O–H groups in total. The molecule has 0 spiro atoms. The molecular weight excluding hydrogens is 150 g/mol. The van der Waals surface area contributed by atoms with E-state index in [1.165, 1.54) is 7.05 Å².